The molecule has 0 radical (unpaired) electrons. The minimum atomic E-state index is -0.694. The van der Waals surface area contributed by atoms with Gasteiger partial charge in [0.2, 0.25) is 0 Å². The van der Waals surface area contributed by atoms with Gasteiger partial charge in [0.25, 0.3) is 5.91 Å². The molecule has 5 nitrogen and oxygen atoms in total. The average molecular weight is 396 g/mol. The fraction of sp³-hybridized carbons (Fsp3) is 0.176. The number of hydrogen-bond acceptors (Lipinski definition) is 4. The van der Waals surface area contributed by atoms with Crippen LogP contribution in [0.3, 0.4) is 0 Å². The van der Waals surface area contributed by atoms with Crippen molar-refractivity contribution in [3.05, 3.63) is 57.8 Å². The van der Waals surface area contributed by atoms with Crippen LogP contribution in [0.1, 0.15) is 15.9 Å². The zero-order valence-electron chi connectivity index (χ0n) is 13.1. The van der Waals surface area contributed by atoms with Gasteiger partial charge in [0, 0.05) is 4.47 Å². The Morgan fingerprint density at radius 3 is 2.62 bits per heavy atom. The number of anilines is 1. The van der Waals surface area contributed by atoms with Gasteiger partial charge in [0.15, 0.2) is 6.61 Å². The van der Waals surface area contributed by atoms with Crippen LogP contribution in [0.4, 0.5) is 10.1 Å². The summed E-state index contributed by atoms with van der Waals surface area (Å²) in [4.78, 5) is 23.8. The SMILES string of the molecule is COc1ccc(Br)c(C(=O)OCC(=O)Nc2ccc(C)cc2F)c1. The van der Waals surface area contributed by atoms with Gasteiger partial charge in [-0.1, -0.05) is 6.07 Å². The lowest BCUT2D eigenvalue weighted by Crippen LogP contribution is -2.21. The molecule has 0 aliphatic carbocycles. The molecule has 2 aromatic rings. The van der Waals surface area contributed by atoms with Crippen LogP contribution in [0.15, 0.2) is 40.9 Å². The zero-order chi connectivity index (χ0) is 17.7. The van der Waals surface area contributed by atoms with E-state index in [-0.39, 0.29) is 11.3 Å². The Hall–Kier alpha value is -2.41. The van der Waals surface area contributed by atoms with E-state index >= 15 is 0 Å². The summed E-state index contributed by atoms with van der Waals surface area (Å²) in [6, 6.07) is 9.21. The summed E-state index contributed by atoms with van der Waals surface area (Å²) in [5.41, 5.74) is 0.993. The maximum atomic E-state index is 13.7. The standard InChI is InChI=1S/C17H15BrFNO4/c1-10-3-6-15(14(19)7-10)20-16(21)9-24-17(22)12-8-11(23-2)4-5-13(12)18/h3-8H,9H2,1-2H3,(H,20,21). The summed E-state index contributed by atoms with van der Waals surface area (Å²) in [5.74, 6) is -1.40. The molecule has 24 heavy (non-hydrogen) atoms. The quantitative estimate of drug-likeness (QED) is 0.783. The van der Waals surface area contributed by atoms with Crippen molar-refractivity contribution in [3.63, 3.8) is 0 Å². The lowest BCUT2D eigenvalue weighted by molar-refractivity contribution is -0.119. The van der Waals surface area contributed by atoms with E-state index in [1.807, 2.05) is 0 Å². The first kappa shape index (κ1) is 17.9. The topological polar surface area (TPSA) is 64.6 Å². The first-order valence-electron chi connectivity index (χ1n) is 6.97. The summed E-state index contributed by atoms with van der Waals surface area (Å²) in [5, 5.41) is 2.35. The Labute approximate surface area is 146 Å². The van der Waals surface area contributed by atoms with Crippen molar-refractivity contribution in [2.45, 2.75) is 6.92 Å². The number of amides is 1. The number of rotatable bonds is 5. The third-order valence-corrected chi connectivity index (χ3v) is 3.82. The van der Waals surface area contributed by atoms with Gasteiger partial charge < -0.3 is 14.8 Å². The van der Waals surface area contributed by atoms with E-state index in [0.29, 0.717) is 10.2 Å². The second-order valence-corrected chi connectivity index (χ2v) is 5.81. The van der Waals surface area contributed by atoms with E-state index in [1.54, 1.807) is 25.1 Å². The number of halogens is 2. The van der Waals surface area contributed by atoms with Crippen molar-refractivity contribution < 1.29 is 23.5 Å². The minimum absolute atomic E-state index is 0.0317. The Morgan fingerprint density at radius 2 is 1.96 bits per heavy atom. The van der Waals surface area contributed by atoms with E-state index in [0.717, 1.165) is 5.56 Å². The molecule has 0 heterocycles. The van der Waals surface area contributed by atoms with Gasteiger partial charge >= 0.3 is 5.97 Å². The molecule has 0 atom stereocenters. The Balaban J connectivity index is 1.97. The van der Waals surface area contributed by atoms with Crippen LogP contribution in [-0.2, 0) is 9.53 Å². The van der Waals surface area contributed by atoms with Crippen LogP contribution in [0.5, 0.6) is 5.75 Å². The molecule has 0 bridgehead atoms. The molecule has 0 saturated carbocycles. The monoisotopic (exact) mass is 395 g/mol. The molecular weight excluding hydrogens is 381 g/mol. The van der Waals surface area contributed by atoms with Gasteiger partial charge in [0.1, 0.15) is 11.6 Å². The molecule has 0 saturated heterocycles. The summed E-state index contributed by atoms with van der Waals surface area (Å²) in [7, 11) is 1.47. The normalized spacial score (nSPS) is 10.2. The second kappa shape index (κ2) is 7.92. The molecule has 0 unspecified atom stereocenters. The average Bonchev–Trinajstić information content (AvgIpc) is 2.55. The van der Waals surface area contributed by atoms with Crippen LogP contribution in [0.25, 0.3) is 0 Å². The van der Waals surface area contributed by atoms with Crippen LogP contribution in [0.2, 0.25) is 0 Å². The van der Waals surface area contributed by atoms with Crippen molar-refractivity contribution in [2.24, 2.45) is 0 Å². The van der Waals surface area contributed by atoms with E-state index in [9.17, 15) is 14.0 Å². The molecule has 1 N–H and O–H groups in total. The second-order valence-electron chi connectivity index (χ2n) is 4.95. The van der Waals surface area contributed by atoms with E-state index < -0.39 is 24.3 Å². The number of aryl methyl sites for hydroxylation is 1. The minimum Gasteiger partial charge on any atom is -0.497 e. The molecule has 0 aromatic heterocycles. The summed E-state index contributed by atoms with van der Waals surface area (Å²) in [6.07, 6.45) is 0. The van der Waals surface area contributed by atoms with E-state index in [1.165, 1.54) is 25.3 Å². The predicted octanol–water partition coefficient (Wildman–Crippen LogP) is 3.70. The summed E-state index contributed by atoms with van der Waals surface area (Å²) < 4.78 is 24.2. The Bertz CT molecular complexity index is 779. The molecule has 0 fully saturated rings. The molecule has 0 aliphatic heterocycles. The lowest BCUT2D eigenvalue weighted by Gasteiger charge is -2.09. The van der Waals surface area contributed by atoms with Crippen molar-refractivity contribution >= 4 is 33.5 Å². The van der Waals surface area contributed by atoms with Gasteiger partial charge in [-0.25, -0.2) is 9.18 Å². The molecular formula is C17H15BrFNO4. The molecule has 2 aromatic carbocycles. The number of nitrogens with one attached hydrogen (secondary N) is 1. The van der Waals surface area contributed by atoms with Crippen LogP contribution >= 0.6 is 15.9 Å². The van der Waals surface area contributed by atoms with E-state index in [4.69, 9.17) is 9.47 Å². The Kier molecular flexibility index (Phi) is 5.92. The van der Waals surface area contributed by atoms with Crippen molar-refractivity contribution in [1.29, 1.82) is 0 Å². The van der Waals surface area contributed by atoms with Gasteiger partial charge in [-0.05, 0) is 58.7 Å². The first-order valence-corrected chi connectivity index (χ1v) is 7.76. The van der Waals surface area contributed by atoms with Gasteiger partial charge in [0.05, 0.1) is 18.4 Å². The molecule has 1 amide bonds. The van der Waals surface area contributed by atoms with Crippen LogP contribution in [0, 0.1) is 12.7 Å². The smallest absolute Gasteiger partial charge is 0.339 e. The van der Waals surface area contributed by atoms with Crippen LogP contribution in [-0.4, -0.2) is 25.6 Å². The third kappa shape index (κ3) is 4.55. The highest BCUT2D eigenvalue weighted by molar-refractivity contribution is 9.10. The molecule has 2 rings (SSSR count). The number of benzene rings is 2. The predicted molar refractivity (Wildman–Crippen MR) is 90.7 cm³/mol. The Morgan fingerprint density at radius 1 is 1.21 bits per heavy atom. The van der Waals surface area contributed by atoms with Crippen molar-refractivity contribution in [3.8, 4) is 5.75 Å². The third-order valence-electron chi connectivity index (χ3n) is 3.13. The molecule has 0 spiro atoms. The number of esters is 1. The van der Waals surface area contributed by atoms with Crippen molar-refractivity contribution in [1.82, 2.24) is 0 Å². The first-order chi connectivity index (χ1) is 11.4. The maximum Gasteiger partial charge on any atom is 0.339 e. The highest BCUT2D eigenvalue weighted by atomic mass is 79.9. The number of hydrogen-bond donors (Lipinski definition) is 1. The number of carbonyl (C=O) groups is 2. The van der Waals surface area contributed by atoms with Crippen LogP contribution < -0.4 is 10.1 Å². The molecule has 0 aliphatic rings. The molecule has 7 heteroatoms. The summed E-state index contributed by atoms with van der Waals surface area (Å²) >= 11 is 3.23. The fourth-order valence-corrected chi connectivity index (χ4v) is 2.31. The van der Waals surface area contributed by atoms with Gasteiger partial charge in [-0.15, -0.1) is 0 Å². The zero-order valence-corrected chi connectivity index (χ0v) is 14.6. The maximum absolute atomic E-state index is 13.7. The highest BCUT2D eigenvalue weighted by Gasteiger charge is 2.15. The lowest BCUT2D eigenvalue weighted by atomic mass is 10.2. The largest absolute Gasteiger partial charge is 0.497 e. The highest BCUT2D eigenvalue weighted by Crippen LogP contribution is 2.23. The fourth-order valence-electron chi connectivity index (χ4n) is 1.90. The number of carbonyl (C=O) groups excluding carboxylic acids is 2. The summed E-state index contributed by atoms with van der Waals surface area (Å²) in [6.45, 7) is 1.21. The van der Waals surface area contributed by atoms with Crippen molar-refractivity contribution in [2.75, 3.05) is 19.0 Å². The number of ether oxygens (including phenoxy) is 2. The van der Waals surface area contributed by atoms with Gasteiger partial charge in [-0.2, -0.15) is 0 Å². The van der Waals surface area contributed by atoms with E-state index in [2.05, 4.69) is 21.2 Å². The molecule has 126 valence electrons. The number of methoxy groups -OCH3 is 1. The van der Waals surface area contributed by atoms with Gasteiger partial charge in [-0.3, -0.25) is 4.79 Å².